The molecule has 0 aliphatic heterocycles. The zero-order valence-corrected chi connectivity index (χ0v) is 9.76. The molecule has 0 radical (unpaired) electrons. The molecule has 0 fully saturated rings. The van der Waals surface area contributed by atoms with Crippen molar-refractivity contribution in [3.05, 3.63) is 11.6 Å². The fraction of sp³-hybridized carbons (Fsp3) is 0.727. The van der Waals surface area contributed by atoms with E-state index in [2.05, 4.69) is 0 Å². The van der Waals surface area contributed by atoms with Crippen LogP contribution in [-0.2, 0) is 9.53 Å². The Hall–Kier alpha value is -0.830. The van der Waals surface area contributed by atoms with Crippen LogP contribution in [0.5, 0.6) is 0 Å². The van der Waals surface area contributed by atoms with Gasteiger partial charge in [-0.25, -0.2) is 0 Å². The molecule has 2 N–H and O–H groups in total. The van der Waals surface area contributed by atoms with E-state index in [9.17, 15) is 4.79 Å². The Morgan fingerprint density at radius 2 is 1.93 bits per heavy atom. The van der Waals surface area contributed by atoms with Gasteiger partial charge in [0.15, 0.2) is 0 Å². The van der Waals surface area contributed by atoms with Crippen molar-refractivity contribution in [3.8, 4) is 0 Å². The minimum absolute atomic E-state index is 0.239. The lowest BCUT2D eigenvalue weighted by Crippen LogP contribution is -2.29. The molecule has 82 valence electrons. The van der Waals surface area contributed by atoms with Crippen molar-refractivity contribution in [2.24, 2.45) is 5.73 Å². The van der Waals surface area contributed by atoms with Crippen molar-refractivity contribution in [2.75, 3.05) is 0 Å². The van der Waals surface area contributed by atoms with Gasteiger partial charge < -0.3 is 10.5 Å². The molecule has 0 aromatic rings. The summed E-state index contributed by atoms with van der Waals surface area (Å²) >= 11 is 0. The lowest BCUT2D eigenvalue weighted by atomic mass is 10.1. The van der Waals surface area contributed by atoms with Gasteiger partial charge in [-0.2, -0.15) is 0 Å². The Bertz CT molecular complexity index is 222. The smallest absolute Gasteiger partial charge is 0.308 e. The molecular weight excluding hydrogens is 178 g/mol. The van der Waals surface area contributed by atoms with E-state index < -0.39 is 5.60 Å². The van der Waals surface area contributed by atoms with Crippen LogP contribution in [0.1, 0.15) is 41.0 Å². The lowest BCUT2D eigenvalue weighted by molar-refractivity contribution is -0.154. The van der Waals surface area contributed by atoms with E-state index in [-0.39, 0.29) is 18.4 Å². The van der Waals surface area contributed by atoms with Crippen molar-refractivity contribution < 1.29 is 9.53 Å². The van der Waals surface area contributed by atoms with Gasteiger partial charge in [-0.1, -0.05) is 11.6 Å². The van der Waals surface area contributed by atoms with Gasteiger partial charge in [0.25, 0.3) is 0 Å². The summed E-state index contributed by atoms with van der Waals surface area (Å²) in [7, 11) is 0. The average Bonchev–Trinajstić information content (AvgIpc) is 1.77. The van der Waals surface area contributed by atoms with Crippen LogP contribution in [0, 0.1) is 0 Å². The molecule has 3 nitrogen and oxygen atoms in total. The fourth-order valence-corrected chi connectivity index (χ4v) is 1.06. The molecule has 3 heteroatoms. The molecule has 0 amide bonds. The van der Waals surface area contributed by atoms with E-state index in [4.69, 9.17) is 10.5 Å². The highest BCUT2D eigenvalue weighted by atomic mass is 16.6. The van der Waals surface area contributed by atoms with Crippen molar-refractivity contribution in [3.63, 3.8) is 0 Å². The van der Waals surface area contributed by atoms with Crippen LogP contribution < -0.4 is 5.73 Å². The number of ether oxygens (including phenoxy) is 1. The van der Waals surface area contributed by atoms with Crippen LogP contribution in [0.15, 0.2) is 11.6 Å². The van der Waals surface area contributed by atoms with Gasteiger partial charge in [0.05, 0.1) is 6.42 Å². The molecule has 0 saturated carbocycles. The summed E-state index contributed by atoms with van der Waals surface area (Å²) in [6, 6.07) is -0.241. The predicted molar refractivity (Wildman–Crippen MR) is 57.9 cm³/mol. The Balaban J connectivity index is 4.02. The van der Waals surface area contributed by atoms with Crippen molar-refractivity contribution in [1.29, 1.82) is 0 Å². The van der Waals surface area contributed by atoms with Crippen molar-refractivity contribution in [1.82, 2.24) is 0 Å². The molecule has 0 rings (SSSR count). The van der Waals surface area contributed by atoms with E-state index in [1.807, 2.05) is 40.7 Å². The van der Waals surface area contributed by atoms with Crippen LogP contribution in [0.4, 0.5) is 0 Å². The van der Waals surface area contributed by atoms with Gasteiger partial charge >= 0.3 is 5.97 Å². The van der Waals surface area contributed by atoms with E-state index in [0.29, 0.717) is 0 Å². The number of carbonyl (C=O) groups excluding carboxylic acids is 1. The molecular formula is C11H21NO2. The third-order valence-corrected chi connectivity index (χ3v) is 1.37. The molecule has 0 aromatic heterocycles. The molecule has 0 aromatic carbocycles. The molecule has 0 saturated heterocycles. The Labute approximate surface area is 86.3 Å². The second kappa shape index (κ2) is 5.15. The molecule has 0 heterocycles. The Morgan fingerprint density at radius 1 is 1.43 bits per heavy atom. The topological polar surface area (TPSA) is 52.3 Å². The average molecular weight is 199 g/mol. The number of rotatable bonds is 3. The van der Waals surface area contributed by atoms with E-state index in [1.54, 1.807) is 0 Å². The second-order valence-electron chi connectivity index (χ2n) is 4.70. The zero-order valence-electron chi connectivity index (χ0n) is 9.76. The third-order valence-electron chi connectivity index (χ3n) is 1.37. The predicted octanol–water partition coefficient (Wildman–Crippen LogP) is 2.01. The van der Waals surface area contributed by atoms with E-state index >= 15 is 0 Å². The minimum Gasteiger partial charge on any atom is -0.460 e. The van der Waals surface area contributed by atoms with Crippen LogP contribution >= 0.6 is 0 Å². The zero-order chi connectivity index (χ0) is 11.4. The molecule has 0 aliphatic carbocycles. The maximum Gasteiger partial charge on any atom is 0.308 e. The third kappa shape index (κ3) is 7.80. The van der Waals surface area contributed by atoms with Gasteiger partial charge in [-0.15, -0.1) is 0 Å². The number of hydrogen-bond donors (Lipinski definition) is 1. The number of nitrogens with two attached hydrogens (primary N) is 1. The summed E-state index contributed by atoms with van der Waals surface area (Å²) < 4.78 is 5.14. The molecule has 0 bridgehead atoms. The van der Waals surface area contributed by atoms with Crippen molar-refractivity contribution >= 4 is 5.97 Å². The first kappa shape index (κ1) is 13.2. The van der Waals surface area contributed by atoms with Crippen LogP contribution in [0.3, 0.4) is 0 Å². The van der Waals surface area contributed by atoms with Gasteiger partial charge in [-0.05, 0) is 34.6 Å². The maximum atomic E-state index is 11.3. The first-order valence-electron chi connectivity index (χ1n) is 4.83. The Morgan fingerprint density at radius 3 is 2.29 bits per heavy atom. The Kier molecular flexibility index (Phi) is 4.85. The summed E-state index contributed by atoms with van der Waals surface area (Å²) in [5.41, 5.74) is 6.40. The van der Waals surface area contributed by atoms with E-state index in [0.717, 1.165) is 5.57 Å². The highest BCUT2D eigenvalue weighted by Gasteiger charge is 2.17. The molecule has 0 unspecified atom stereocenters. The van der Waals surface area contributed by atoms with Crippen LogP contribution in [0.2, 0.25) is 0 Å². The highest BCUT2D eigenvalue weighted by molar-refractivity contribution is 5.70. The van der Waals surface area contributed by atoms with Gasteiger partial charge in [0.2, 0.25) is 0 Å². The standard InChI is InChI=1S/C11H21NO2/c1-8(2)6-9(12)7-10(13)14-11(3,4)5/h6,9H,7,12H2,1-5H3/t9-/m0/s1. The fourth-order valence-electron chi connectivity index (χ4n) is 1.06. The number of esters is 1. The van der Waals surface area contributed by atoms with Gasteiger partial charge in [0.1, 0.15) is 5.60 Å². The number of allylic oxidation sites excluding steroid dienone is 1. The summed E-state index contributed by atoms with van der Waals surface area (Å²) in [4.78, 5) is 11.3. The maximum absolute atomic E-state index is 11.3. The number of carbonyl (C=O) groups is 1. The first-order valence-corrected chi connectivity index (χ1v) is 4.83. The molecule has 14 heavy (non-hydrogen) atoms. The largest absolute Gasteiger partial charge is 0.460 e. The molecule has 0 aliphatic rings. The summed E-state index contributed by atoms with van der Waals surface area (Å²) in [5.74, 6) is -0.248. The summed E-state index contributed by atoms with van der Waals surface area (Å²) in [6.45, 7) is 9.44. The van der Waals surface area contributed by atoms with Crippen LogP contribution in [-0.4, -0.2) is 17.6 Å². The summed E-state index contributed by atoms with van der Waals surface area (Å²) in [5, 5.41) is 0. The SMILES string of the molecule is CC(C)=C[C@H](N)CC(=O)OC(C)(C)C. The highest BCUT2D eigenvalue weighted by Crippen LogP contribution is 2.09. The lowest BCUT2D eigenvalue weighted by Gasteiger charge is -2.20. The summed E-state index contributed by atoms with van der Waals surface area (Å²) in [6.07, 6.45) is 2.10. The van der Waals surface area contributed by atoms with E-state index in [1.165, 1.54) is 0 Å². The normalized spacial score (nSPS) is 13.3. The monoisotopic (exact) mass is 199 g/mol. The molecule has 0 spiro atoms. The molecule has 1 atom stereocenters. The minimum atomic E-state index is -0.429. The number of hydrogen-bond acceptors (Lipinski definition) is 3. The van der Waals surface area contributed by atoms with Gasteiger partial charge in [-0.3, -0.25) is 4.79 Å². The quantitative estimate of drug-likeness (QED) is 0.559. The van der Waals surface area contributed by atoms with Crippen molar-refractivity contribution in [2.45, 2.75) is 52.7 Å². The first-order chi connectivity index (χ1) is 6.20. The second-order valence-corrected chi connectivity index (χ2v) is 4.70. The van der Waals surface area contributed by atoms with Gasteiger partial charge in [0, 0.05) is 6.04 Å². The van der Waals surface area contributed by atoms with Crippen LogP contribution in [0.25, 0.3) is 0 Å².